The Hall–Kier alpha value is -4.64. The molecule has 5 aromatic rings. The quantitative estimate of drug-likeness (QED) is 0.210. The lowest BCUT2D eigenvalue weighted by atomic mass is 9.85. The molecule has 2 heterocycles. The highest BCUT2D eigenvalue weighted by molar-refractivity contribution is 6.13. The van der Waals surface area contributed by atoms with Gasteiger partial charge in [-0.05, 0) is 138 Å². The maximum Gasteiger partial charge on any atom is 0.219 e. The number of ether oxygens (including phenoxy) is 1. The van der Waals surface area contributed by atoms with E-state index in [1.807, 2.05) is 42.5 Å². The van der Waals surface area contributed by atoms with Crippen molar-refractivity contribution in [2.24, 2.45) is 4.99 Å². The van der Waals surface area contributed by atoms with E-state index in [2.05, 4.69) is 99.3 Å². The summed E-state index contributed by atoms with van der Waals surface area (Å²) in [7, 11) is 0. The minimum Gasteiger partial charge on any atom is -0.506 e. The molecule has 2 aliphatic rings. The highest BCUT2D eigenvalue weighted by Crippen LogP contribution is 2.48. The van der Waals surface area contributed by atoms with Crippen LogP contribution < -0.4 is 9.64 Å². The molecule has 0 spiro atoms. The number of aromatic hydroxyl groups is 1. The first kappa shape index (κ1) is 30.4. The third kappa shape index (κ3) is 5.57. The van der Waals surface area contributed by atoms with Gasteiger partial charge in [0.2, 0.25) is 5.88 Å². The maximum absolute atomic E-state index is 11.0. The predicted octanol–water partition coefficient (Wildman–Crippen LogP) is 10.8. The van der Waals surface area contributed by atoms with Crippen LogP contribution in [0.2, 0.25) is 0 Å². The van der Waals surface area contributed by atoms with Crippen LogP contribution in [0.4, 0.5) is 5.69 Å². The highest BCUT2D eigenvalue weighted by atomic mass is 16.5. The molecule has 1 aliphatic heterocycles. The van der Waals surface area contributed by atoms with Gasteiger partial charge in [0.1, 0.15) is 22.9 Å². The number of rotatable bonds is 4. The second kappa shape index (κ2) is 11.5. The molecule has 0 unspecified atom stereocenters. The molecule has 5 nitrogen and oxygen atoms in total. The normalized spacial score (nSPS) is 19.0. The third-order valence-corrected chi connectivity index (χ3v) is 10.7. The molecule has 4 aromatic carbocycles. The first-order chi connectivity index (χ1) is 23.8. The molecular formula is C44H49N3O2. The first-order valence-corrected chi connectivity index (χ1v) is 17.3. The summed E-state index contributed by atoms with van der Waals surface area (Å²) in [5.41, 5.74) is 11.9. The zero-order chi connectivity index (χ0) is 36.9. The first-order valence-electron chi connectivity index (χ1n) is 18.3. The van der Waals surface area contributed by atoms with Crippen LogP contribution in [0.15, 0.2) is 71.7 Å². The third-order valence-electron chi connectivity index (χ3n) is 10.7. The van der Waals surface area contributed by atoms with Gasteiger partial charge in [-0.15, -0.1) is 0 Å². The number of hydrogen-bond acceptors (Lipinski definition) is 5. The van der Waals surface area contributed by atoms with Crippen molar-refractivity contribution in [2.45, 2.75) is 105 Å². The van der Waals surface area contributed by atoms with E-state index in [0.29, 0.717) is 22.7 Å². The Morgan fingerprint density at radius 1 is 0.776 bits per heavy atom. The van der Waals surface area contributed by atoms with Crippen LogP contribution in [0, 0.1) is 34.6 Å². The number of aromatic nitrogens is 1. The van der Waals surface area contributed by atoms with E-state index in [9.17, 15) is 7.85 Å². The average molecular weight is 654 g/mol. The zero-order valence-electron chi connectivity index (χ0n) is 32.7. The van der Waals surface area contributed by atoms with Gasteiger partial charge in [0.25, 0.3) is 0 Å². The molecule has 0 radical (unpaired) electrons. The van der Waals surface area contributed by atoms with Gasteiger partial charge in [-0.25, -0.2) is 4.98 Å². The Labute approximate surface area is 294 Å². The molecule has 2 atom stereocenters. The van der Waals surface area contributed by atoms with E-state index in [1.165, 1.54) is 27.8 Å². The molecule has 0 amide bonds. The molecule has 0 saturated carbocycles. The number of amidine groups is 1. The van der Waals surface area contributed by atoms with Gasteiger partial charge in [-0.2, -0.15) is 0 Å². The van der Waals surface area contributed by atoms with E-state index >= 15 is 0 Å². The number of aliphatic imine (C=N–C) groups is 1. The molecular weight excluding hydrogens is 603 g/mol. The zero-order valence-corrected chi connectivity index (χ0v) is 30.7. The summed E-state index contributed by atoms with van der Waals surface area (Å²) in [4.78, 5) is 12.4. The van der Waals surface area contributed by atoms with Gasteiger partial charge in [-0.3, -0.25) is 4.99 Å². The minimum absolute atomic E-state index is 0.116. The van der Waals surface area contributed by atoms with Gasteiger partial charge in [0, 0.05) is 25.4 Å². The van der Waals surface area contributed by atoms with Crippen LogP contribution in [0.3, 0.4) is 0 Å². The van der Waals surface area contributed by atoms with Gasteiger partial charge >= 0.3 is 0 Å². The second-order valence-corrected chi connectivity index (χ2v) is 16.0. The van der Waals surface area contributed by atoms with Crippen molar-refractivity contribution in [2.75, 3.05) is 4.90 Å². The molecule has 5 heteroatoms. The van der Waals surface area contributed by atoms with E-state index in [-0.39, 0.29) is 22.6 Å². The van der Waals surface area contributed by atoms with E-state index < -0.39 is 12.4 Å². The molecule has 1 N–H and O–H groups in total. The molecule has 49 heavy (non-hydrogen) atoms. The standard InChI is InChI=1S/C44H49N3O2/c1-24-25(2)27(4)40(28(5)26(24)3)47-41-35-15-13-12-14-29(35)21-36(41)45-42(47)31-19-32(43(6,7)8)22-34(20-31)49-38-17-16-30-18-33(44(9,10)11)23-37(48)39(30)46-38/h12-20,22-23,36,41,48H,21H2,1-11H3/t36-,41+/m0/s1/i21D2. The lowest BCUT2D eigenvalue weighted by Gasteiger charge is -2.34. The van der Waals surface area contributed by atoms with Gasteiger partial charge in [0.05, 0.1) is 12.1 Å². The average Bonchev–Trinajstić information content (AvgIpc) is 3.56. The number of anilines is 1. The smallest absolute Gasteiger partial charge is 0.219 e. The summed E-state index contributed by atoms with van der Waals surface area (Å²) < 4.78 is 25.3. The van der Waals surface area contributed by atoms with Crippen molar-refractivity contribution in [3.05, 3.63) is 122 Å². The Kier molecular flexibility index (Phi) is 7.12. The largest absolute Gasteiger partial charge is 0.506 e. The fraction of sp³-hybridized carbons (Fsp3) is 0.364. The fourth-order valence-electron chi connectivity index (χ4n) is 7.33. The number of phenols is 1. The number of hydrogen-bond donors (Lipinski definition) is 1. The van der Waals surface area contributed by atoms with Crippen molar-refractivity contribution in [3.8, 4) is 17.4 Å². The Morgan fingerprint density at radius 3 is 2.08 bits per heavy atom. The Balaban J connectivity index is 1.41. The maximum atomic E-state index is 11.0. The van der Waals surface area contributed by atoms with E-state index in [1.54, 1.807) is 6.07 Å². The number of fused-ring (bicyclic) bond motifs is 4. The molecule has 1 aromatic heterocycles. The van der Waals surface area contributed by atoms with Crippen molar-refractivity contribution in [1.82, 2.24) is 4.98 Å². The van der Waals surface area contributed by atoms with Crippen LogP contribution in [0.1, 0.15) is 106 Å². The van der Waals surface area contributed by atoms with Crippen molar-refractivity contribution < 1.29 is 12.6 Å². The number of pyridine rings is 1. The van der Waals surface area contributed by atoms with Gasteiger partial charge < -0.3 is 14.7 Å². The van der Waals surface area contributed by atoms with Crippen LogP contribution in [0.5, 0.6) is 17.4 Å². The summed E-state index contributed by atoms with van der Waals surface area (Å²) in [6, 6.07) is 20.8. The number of nitrogens with zero attached hydrogens (tertiary/aromatic N) is 3. The fourth-order valence-corrected chi connectivity index (χ4v) is 7.33. The molecule has 252 valence electrons. The summed E-state index contributed by atoms with van der Waals surface area (Å²) in [5, 5.41) is 11.9. The SMILES string of the molecule is [2H]C1([2H])c2ccccc2[C@@H]2[C@H]1N=C(c1cc(Oc3ccc4cc(C(C)(C)C)cc(O)c4n3)cc(C(C)(C)C)c1)N2c1c(C)c(C)c(C)c(C)c1C. The Morgan fingerprint density at radius 2 is 1.41 bits per heavy atom. The van der Waals surface area contributed by atoms with Crippen LogP contribution in [0.25, 0.3) is 10.9 Å². The minimum atomic E-state index is -1.65. The van der Waals surface area contributed by atoms with Crippen molar-refractivity contribution in [1.29, 1.82) is 0 Å². The van der Waals surface area contributed by atoms with Crippen LogP contribution in [-0.4, -0.2) is 22.0 Å². The topological polar surface area (TPSA) is 58.0 Å². The number of benzene rings is 4. The predicted molar refractivity (Wildman–Crippen MR) is 203 cm³/mol. The molecule has 0 fully saturated rings. The summed E-state index contributed by atoms with van der Waals surface area (Å²) in [6.45, 7) is 23.8. The molecule has 0 saturated heterocycles. The van der Waals surface area contributed by atoms with Crippen LogP contribution >= 0.6 is 0 Å². The molecule has 7 rings (SSSR count). The second-order valence-electron chi connectivity index (χ2n) is 16.0. The molecule has 0 bridgehead atoms. The van der Waals surface area contributed by atoms with Gasteiger partial charge in [0.15, 0.2) is 0 Å². The lowest BCUT2D eigenvalue weighted by Crippen LogP contribution is -2.34. The Bertz CT molecular complexity index is 2250. The van der Waals surface area contributed by atoms with Crippen LogP contribution in [-0.2, 0) is 17.2 Å². The monoisotopic (exact) mass is 653 g/mol. The number of phenolic OH excluding ortho intramolecular Hbond substituents is 1. The van der Waals surface area contributed by atoms with E-state index in [4.69, 9.17) is 14.7 Å². The molecule has 1 aliphatic carbocycles. The summed E-state index contributed by atoms with van der Waals surface area (Å²) in [5.74, 6) is 1.83. The van der Waals surface area contributed by atoms with Crippen molar-refractivity contribution >= 4 is 22.4 Å². The van der Waals surface area contributed by atoms with Crippen molar-refractivity contribution in [3.63, 3.8) is 0 Å². The summed E-state index contributed by atoms with van der Waals surface area (Å²) >= 11 is 0. The lowest BCUT2D eigenvalue weighted by molar-refractivity contribution is 0.456. The van der Waals surface area contributed by atoms with Gasteiger partial charge in [-0.1, -0.05) is 65.8 Å². The van der Waals surface area contributed by atoms with E-state index in [0.717, 1.165) is 39.2 Å². The summed E-state index contributed by atoms with van der Waals surface area (Å²) in [6.07, 6.45) is -1.65. The highest BCUT2D eigenvalue weighted by Gasteiger charge is 2.45.